The van der Waals surface area contributed by atoms with E-state index in [9.17, 15) is 0 Å². The average molecular weight is 226 g/mol. The summed E-state index contributed by atoms with van der Waals surface area (Å²) in [4.78, 5) is 0.694. The number of phenolic OH excluding ortho intramolecular Hbond substituents is 1. The summed E-state index contributed by atoms with van der Waals surface area (Å²) >= 11 is 0. The van der Waals surface area contributed by atoms with E-state index in [0.717, 1.165) is 11.0 Å². The van der Waals surface area contributed by atoms with Crippen LogP contribution >= 0.6 is 21.7 Å². The molecule has 1 nitrogen and oxygen atoms in total. The maximum absolute atomic E-state index is 9.01. The number of halogens is 1. The molecule has 0 aliphatic carbocycles. The Labute approximate surface area is 81.0 Å². The second kappa shape index (κ2) is 5.00. The quantitative estimate of drug-likeness (QED) is 0.742. The molecule has 1 N–H and O–H groups in total. The first kappa shape index (κ1) is 10.3. The number of benzene rings is 1. The van der Waals surface area contributed by atoms with Crippen molar-refractivity contribution in [3.63, 3.8) is 0 Å². The smallest absolute Gasteiger partial charge is 0.130 e. The molecule has 4 heteroatoms. The van der Waals surface area contributed by atoms with E-state index in [2.05, 4.69) is 0 Å². The Morgan fingerprint density at radius 3 is 2.30 bits per heavy atom. The Bertz CT molecular complexity index is 207. The monoisotopic (exact) mass is 224 g/mol. The minimum Gasteiger partial charge on any atom is -0.507 e. The number of hydrogen-bond donors (Lipinski definition) is 1. The number of para-hydroxylation sites is 1. The second-order valence-corrected chi connectivity index (χ2v) is 2.60. The fourth-order valence-electron chi connectivity index (χ4n) is 0.522. The van der Waals surface area contributed by atoms with Crippen molar-refractivity contribution in [3.05, 3.63) is 24.3 Å². The van der Waals surface area contributed by atoms with Crippen LogP contribution in [0.2, 0.25) is 0 Å². The van der Waals surface area contributed by atoms with Crippen molar-refractivity contribution in [2.24, 2.45) is 0 Å². The molecular weight excluding hydrogens is 221 g/mol. The largest absolute Gasteiger partial charge is 0.507 e. The molecular formula is C6H5ClOSZn. The van der Waals surface area contributed by atoms with Gasteiger partial charge < -0.3 is 5.11 Å². The molecule has 50 valence electrons. The Morgan fingerprint density at radius 1 is 1.30 bits per heavy atom. The van der Waals surface area contributed by atoms with Gasteiger partial charge in [0, 0.05) is 19.5 Å². The van der Waals surface area contributed by atoms with Crippen LogP contribution in [-0.4, -0.2) is 5.11 Å². The van der Waals surface area contributed by atoms with Crippen molar-refractivity contribution in [2.45, 2.75) is 4.90 Å². The van der Waals surface area contributed by atoms with E-state index >= 15 is 0 Å². The third-order valence-electron chi connectivity index (χ3n) is 0.948. The summed E-state index contributed by atoms with van der Waals surface area (Å²) in [6.45, 7) is 0. The predicted molar refractivity (Wildman–Crippen MR) is 39.8 cm³/mol. The molecule has 0 aromatic heterocycles. The molecule has 1 rings (SSSR count). The zero-order chi connectivity index (χ0) is 6.69. The molecule has 10 heavy (non-hydrogen) atoms. The van der Waals surface area contributed by atoms with Crippen molar-refractivity contribution in [1.82, 2.24) is 0 Å². The summed E-state index contributed by atoms with van der Waals surface area (Å²) in [5.41, 5.74) is 0. The maximum Gasteiger partial charge on any atom is 0.130 e. The molecule has 0 amide bonds. The normalized spacial score (nSPS) is 8.50. The summed E-state index contributed by atoms with van der Waals surface area (Å²) in [6.07, 6.45) is 0. The molecule has 0 unspecified atom stereocenters. The number of hydrogen-bond acceptors (Lipinski definition) is 2. The van der Waals surface area contributed by atoms with Crippen LogP contribution < -0.4 is 0 Å². The van der Waals surface area contributed by atoms with Gasteiger partial charge in [-0.05, 0) is 33.8 Å². The van der Waals surface area contributed by atoms with Gasteiger partial charge in [0.05, 0.1) is 4.90 Å². The van der Waals surface area contributed by atoms with Crippen LogP contribution in [0.3, 0.4) is 0 Å². The van der Waals surface area contributed by atoms with Gasteiger partial charge in [0.15, 0.2) is 0 Å². The summed E-state index contributed by atoms with van der Waals surface area (Å²) < 4.78 is 0. The van der Waals surface area contributed by atoms with Gasteiger partial charge in [-0.1, -0.05) is 12.1 Å². The molecule has 0 saturated carbocycles. The standard InChI is InChI=1S/C6H5ClOS.Zn/c7-9-6-4-2-1-3-5(6)8;/h1-4,8H;. The molecule has 1 aromatic rings. The summed E-state index contributed by atoms with van der Waals surface area (Å²) in [6, 6.07) is 6.94. The van der Waals surface area contributed by atoms with Crippen molar-refractivity contribution in [3.8, 4) is 5.75 Å². The number of aromatic hydroxyl groups is 1. The molecule has 0 radical (unpaired) electrons. The fraction of sp³-hybridized carbons (Fsp3) is 0. The van der Waals surface area contributed by atoms with E-state index in [-0.39, 0.29) is 25.2 Å². The van der Waals surface area contributed by atoms with Gasteiger partial charge >= 0.3 is 0 Å². The molecule has 0 aliphatic heterocycles. The Morgan fingerprint density at radius 2 is 1.90 bits per heavy atom. The number of phenols is 1. The van der Waals surface area contributed by atoms with Crippen LogP contribution in [0.4, 0.5) is 0 Å². The first-order chi connectivity index (χ1) is 4.34. The molecule has 0 saturated heterocycles. The third-order valence-corrected chi connectivity index (χ3v) is 1.96. The Kier molecular flexibility index (Phi) is 5.14. The van der Waals surface area contributed by atoms with Gasteiger partial charge in [-0.2, -0.15) is 0 Å². The first-order valence-electron chi connectivity index (χ1n) is 2.41. The van der Waals surface area contributed by atoms with Crippen LogP contribution in [0.5, 0.6) is 5.75 Å². The van der Waals surface area contributed by atoms with E-state index in [1.807, 2.05) is 6.07 Å². The Balaban J connectivity index is 0.000000810. The van der Waals surface area contributed by atoms with E-state index in [0.29, 0.717) is 4.90 Å². The van der Waals surface area contributed by atoms with Gasteiger partial charge in [-0.25, -0.2) is 0 Å². The first-order valence-corrected chi connectivity index (χ1v) is 4.05. The molecule has 0 fully saturated rings. The van der Waals surface area contributed by atoms with Crippen LogP contribution in [-0.2, 0) is 19.5 Å². The minimum atomic E-state index is 0. The molecule has 0 heterocycles. The van der Waals surface area contributed by atoms with Crippen molar-refractivity contribution >= 4 is 21.7 Å². The SMILES string of the molecule is Oc1ccccc1SCl.[Zn]. The minimum absolute atomic E-state index is 0. The molecule has 0 bridgehead atoms. The number of rotatable bonds is 1. The molecule has 0 spiro atoms. The summed E-state index contributed by atoms with van der Waals surface area (Å²) in [5, 5.41) is 9.01. The average Bonchev–Trinajstić information content (AvgIpc) is 1.89. The van der Waals surface area contributed by atoms with Crippen LogP contribution in [0.1, 0.15) is 0 Å². The van der Waals surface area contributed by atoms with E-state index < -0.39 is 0 Å². The maximum atomic E-state index is 9.01. The third kappa shape index (κ3) is 2.49. The summed E-state index contributed by atoms with van der Waals surface area (Å²) in [5.74, 6) is 0.234. The van der Waals surface area contributed by atoms with Crippen molar-refractivity contribution in [2.75, 3.05) is 0 Å². The van der Waals surface area contributed by atoms with Crippen molar-refractivity contribution in [1.29, 1.82) is 0 Å². The van der Waals surface area contributed by atoms with Gasteiger partial charge in [0.25, 0.3) is 0 Å². The Hall–Kier alpha value is 0.283. The van der Waals surface area contributed by atoms with Crippen LogP contribution in [0.15, 0.2) is 29.2 Å². The van der Waals surface area contributed by atoms with E-state index in [1.54, 1.807) is 18.2 Å². The van der Waals surface area contributed by atoms with Gasteiger partial charge in [0.1, 0.15) is 5.75 Å². The summed E-state index contributed by atoms with van der Waals surface area (Å²) in [7, 11) is 6.41. The van der Waals surface area contributed by atoms with Crippen LogP contribution in [0.25, 0.3) is 0 Å². The fourth-order valence-corrected chi connectivity index (χ4v) is 1.19. The van der Waals surface area contributed by atoms with Gasteiger partial charge in [-0.3, -0.25) is 0 Å². The molecule has 0 aliphatic rings. The zero-order valence-corrected chi connectivity index (χ0v) is 9.79. The molecule has 1 aromatic carbocycles. The van der Waals surface area contributed by atoms with Crippen molar-refractivity contribution < 1.29 is 24.6 Å². The second-order valence-electron chi connectivity index (χ2n) is 1.54. The van der Waals surface area contributed by atoms with Gasteiger partial charge in [0.2, 0.25) is 0 Å². The molecule has 0 atom stereocenters. The van der Waals surface area contributed by atoms with E-state index in [1.165, 1.54) is 0 Å². The van der Waals surface area contributed by atoms with Gasteiger partial charge in [-0.15, -0.1) is 0 Å². The zero-order valence-electron chi connectivity index (χ0n) is 5.25. The predicted octanol–water partition coefficient (Wildman–Crippen LogP) is 2.64. The topological polar surface area (TPSA) is 20.2 Å². The van der Waals surface area contributed by atoms with Crippen LogP contribution in [0, 0.1) is 0 Å². The van der Waals surface area contributed by atoms with E-state index in [4.69, 9.17) is 15.8 Å².